The number of anilines is 1. The van der Waals surface area contributed by atoms with Gasteiger partial charge in [-0.3, -0.25) is 67.1 Å². The number of carboxylic acids is 2. The molecule has 3 aliphatic heterocycles. The van der Waals surface area contributed by atoms with E-state index in [4.69, 9.17) is 30.4 Å². The van der Waals surface area contributed by atoms with Crippen LogP contribution in [0.25, 0.3) is 0 Å². The Hall–Kier alpha value is -9.91. The van der Waals surface area contributed by atoms with Gasteiger partial charge in [0.25, 0.3) is 11.8 Å². The molecule has 0 radical (unpaired) electrons. The summed E-state index contributed by atoms with van der Waals surface area (Å²) in [5.74, 6) is -17.5. The van der Waals surface area contributed by atoms with E-state index in [2.05, 4.69) is 37.2 Å². The van der Waals surface area contributed by atoms with Crippen LogP contribution >= 0.6 is 23.5 Å². The molecule has 0 spiro atoms. The molecule has 131 heavy (non-hydrogen) atoms. The number of nitrogens with zero attached hydrogens (tertiary/aromatic N) is 7. The minimum Gasteiger partial charge on any atom is -0.480 e. The fourth-order valence-corrected chi connectivity index (χ4v) is 19.0. The topological polar surface area (TPSA) is 526 Å². The number of carboxylic acid groups (broad SMARTS) is 2. The average Bonchev–Trinajstić information content (AvgIpc) is 1.68. The zero-order chi connectivity index (χ0) is 98.8. The van der Waals surface area contributed by atoms with Crippen LogP contribution < -0.4 is 48.7 Å². The first-order valence-corrected chi connectivity index (χ1v) is 46.8. The van der Waals surface area contributed by atoms with E-state index in [0.29, 0.717) is 60.8 Å². The van der Waals surface area contributed by atoms with Crippen LogP contribution in [0.4, 0.5) is 10.5 Å². The van der Waals surface area contributed by atoms with Gasteiger partial charge in [-0.2, -0.15) is 0 Å². The van der Waals surface area contributed by atoms with Gasteiger partial charge in [0, 0.05) is 92.5 Å². The Labute approximate surface area is 777 Å². The first kappa shape index (κ1) is 112. The average molecular weight is 1880 g/mol. The Morgan fingerprint density at radius 1 is 0.519 bits per heavy atom. The molecule has 0 saturated carbocycles. The third-order valence-electron chi connectivity index (χ3n) is 24.6. The van der Waals surface area contributed by atoms with Crippen molar-refractivity contribution in [2.24, 2.45) is 58.8 Å². The monoisotopic (exact) mass is 1880 g/mol. The van der Waals surface area contributed by atoms with Crippen LogP contribution in [0.15, 0.2) is 54.6 Å². The van der Waals surface area contributed by atoms with Crippen LogP contribution in [-0.4, -0.2) is 315 Å². The number of ether oxygens (including phenoxy) is 4. The second kappa shape index (κ2) is 51.9. The number of imide groups is 2. The second-order valence-electron chi connectivity index (χ2n) is 35.9. The summed E-state index contributed by atoms with van der Waals surface area (Å²) in [6.45, 7) is 27.6. The number of likely N-dealkylation sites (N-methyl/N-ethyl adjacent to an activating group) is 4. The number of hydrazine groups is 2. The van der Waals surface area contributed by atoms with E-state index in [-0.39, 0.29) is 42.9 Å². The van der Waals surface area contributed by atoms with E-state index in [1.165, 1.54) is 76.4 Å². The summed E-state index contributed by atoms with van der Waals surface area (Å²) in [5.41, 5.74) is 12.9. The number of hydrogen-bond donors (Lipinski definition) is 11. The Morgan fingerprint density at radius 3 is 1.40 bits per heavy atom. The van der Waals surface area contributed by atoms with Gasteiger partial charge in [-0.15, -0.1) is 23.5 Å². The van der Waals surface area contributed by atoms with Crippen molar-refractivity contribution >= 4 is 130 Å². The summed E-state index contributed by atoms with van der Waals surface area (Å²) < 4.78 is 23.3. The van der Waals surface area contributed by atoms with Crippen molar-refractivity contribution in [1.82, 2.24) is 66.6 Å². The highest BCUT2D eigenvalue weighted by Crippen LogP contribution is 2.35. The van der Waals surface area contributed by atoms with Crippen molar-refractivity contribution in [3.8, 4) is 0 Å². The van der Waals surface area contributed by atoms with Crippen molar-refractivity contribution in [2.45, 2.75) is 276 Å². The van der Waals surface area contributed by atoms with Crippen LogP contribution in [0.1, 0.15) is 173 Å². The van der Waals surface area contributed by atoms with Crippen LogP contribution in [0.3, 0.4) is 0 Å². The largest absolute Gasteiger partial charge is 0.480 e. The van der Waals surface area contributed by atoms with E-state index >= 15 is 4.79 Å². The number of nitrogens with one attached hydrogen (secondary N) is 7. The van der Waals surface area contributed by atoms with Gasteiger partial charge in [-0.05, 0) is 84.5 Å². The first-order chi connectivity index (χ1) is 61.4. The molecule has 15 amide bonds. The Morgan fingerprint density at radius 2 is 0.977 bits per heavy atom. The van der Waals surface area contributed by atoms with E-state index < -0.39 is 257 Å². The van der Waals surface area contributed by atoms with Gasteiger partial charge in [0.2, 0.25) is 70.9 Å². The Balaban J connectivity index is 1.34. The van der Waals surface area contributed by atoms with Crippen LogP contribution in [0.5, 0.6) is 0 Å². The minimum atomic E-state index is -1.86. The molecule has 0 aromatic heterocycles. The lowest BCUT2D eigenvalue weighted by Gasteiger charge is -2.41. The summed E-state index contributed by atoms with van der Waals surface area (Å²) in [4.78, 5) is 242. The van der Waals surface area contributed by atoms with E-state index in [1.807, 2.05) is 27.7 Å². The molecule has 3 aliphatic rings. The fourth-order valence-electron chi connectivity index (χ4n) is 16.7. The molecule has 3 saturated heterocycles. The predicted molar refractivity (Wildman–Crippen MR) is 490 cm³/mol. The fraction of sp³-hybridized carbons (Fsp3) is 0.678. The number of primary amides is 1. The summed E-state index contributed by atoms with van der Waals surface area (Å²) in [7, 11) is 10.0. The number of aliphatic carboxylic acids is 2. The molecule has 41 heteroatoms. The smallest absolute Gasteiger partial charge is 0.408 e. The van der Waals surface area contributed by atoms with Gasteiger partial charge >= 0.3 is 18.0 Å². The summed E-state index contributed by atoms with van der Waals surface area (Å²) in [6.07, 6.45) is -2.99. The predicted octanol–water partition coefficient (Wildman–Crippen LogP) is 3.52. The molecule has 5 rings (SSSR count). The maximum atomic E-state index is 15.1. The van der Waals surface area contributed by atoms with Gasteiger partial charge in [0.1, 0.15) is 54.9 Å². The van der Waals surface area contributed by atoms with Crippen LogP contribution in [0.2, 0.25) is 0 Å². The van der Waals surface area contributed by atoms with E-state index in [1.54, 1.807) is 125 Å². The summed E-state index contributed by atoms with van der Waals surface area (Å²) in [6, 6.07) is 1.20. The number of methoxy groups -OCH3 is 3. The van der Waals surface area contributed by atoms with Crippen molar-refractivity contribution in [1.29, 1.82) is 0 Å². The first-order valence-electron chi connectivity index (χ1n) is 44.7. The molecular formula is C90H142N16O23S2. The number of alkyl carbamates (subject to hydrolysis) is 1. The number of hydrogen-bond acceptors (Lipinski definition) is 26. The lowest BCUT2D eigenvalue weighted by atomic mass is 9.89. The highest BCUT2D eigenvalue weighted by molar-refractivity contribution is 8.01. The molecule has 20 atom stereocenters. The van der Waals surface area contributed by atoms with Gasteiger partial charge < -0.3 is 92.5 Å². The second-order valence-corrected chi connectivity index (χ2v) is 38.4. The molecule has 13 N–H and O–H groups in total. The third-order valence-corrected chi connectivity index (χ3v) is 27.2. The molecule has 732 valence electrons. The summed E-state index contributed by atoms with van der Waals surface area (Å²) in [5, 5.41) is 40.6. The molecule has 4 unspecified atom stereocenters. The molecular weight excluding hydrogens is 1740 g/mol. The number of likely N-dealkylation sites (tertiary alicyclic amines) is 1. The normalized spacial score (nSPS) is 19.3. The minimum absolute atomic E-state index is 0.0364. The van der Waals surface area contributed by atoms with Crippen molar-refractivity contribution in [2.75, 3.05) is 72.9 Å². The number of benzene rings is 2. The van der Waals surface area contributed by atoms with Gasteiger partial charge in [-0.1, -0.05) is 159 Å². The molecule has 0 aliphatic carbocycles. The third kappa shape index (κ3) is 30.3. The highest BCUT2D eigenvalue weighted by atomic mass is 32.2. The number of thioether (sulfide) groups is 2. The number of rotatable bonds is 53. The highest BCUT2D eigenvalue weighted by Gasteiger charge is 2.51. The van der Waals surface area contributed by atoms with Crippen LogP contribution in [0, 0.1) is 47.3 Å². The Bertz CT molecular complexity index is 4280. The molecule has 0 bridgehead atoms. The number of nitrogens with two attached hydrogens (primary N) is 2. The molecule has 3 heterocycles. The summed E-state index contributed by atoms with van der Waals surface area (Å²) >= 11 is 1.43. The zero-order valence-corrected chi connectivity index (χ0v) is 81.5. The maximum Gasteiger partial charge on any atom is 0.408 e. The molecule has 39 nitrogen and oxygen atoms in total. The maximum absolute atomic E-state index is 15.1. The van der Waals surface area contributed by atoms with Gasteiger partial charge in [0.05, 0.1) is 71.7 Å². The standard InChI is InChI=1S/C90H142N16O23S2/c1-24-51(13)75(62(126-21)39-66(91)107)100(17)86(119)71(47(5)6)98-82(115)73(49(9)10)102(19)105-68(109)41-64(84(105)117)130-44-59(97-90(125)129-43-56-33-35-57(36-34-56)94-79(112)54(16)93-81(114)70(92)46(3)4)80(113)96-60(89(123)124)45-131-65-42-69(110)106(85(65)118)103(20)74(50(11)12)83(116)99-72(48(7)8)87(120)101(18)76(52(14)25-2)63(127-22)40-67(108)104-37-29-32-61(104)77(128-23)53(15)78(111)95-58(88(121)122)38-55-30-27-26-28-31-55/h26-28,30-31,33-36,46-54,58-65,70-77H,24-25,29,32,37-45,92H2,1-23H3,(H2,91,107)(H,93,114)(H,94,112)(H,95,111)(H,96,113)(H,97,125)(H,98,115)(H,99,116)(H,121,122)(H,123,124)/t51-,52-,53+,54-,58-,59?,60?,61-,62+,63+,64?,65?,70-,71-,72-,73-,74-,75-,76-,77+/m0/s1. The van der Waals surface area contributed by atoms with Gasteiger partial charge in [0.15, 0.2) is 0 Å². The molecule has 2 aromatic carbocycles. The van der Waals surface area contributed by atoms with Crippen LogP contribution in [-0.2, 0) is 109 Å². The zero-order valence-electron chi connectivity index (χ0n) is 79.9. The number of carbonyl (C=O) groups is 17. The van der Waals surface area contributed by atoms with Crippen molar-refractivity contribution in [3.63, 3.8) is 0 Å². The number of amides is 15. The van der Waals surface area contributed by atoms with Gasteiger partial charge in [-0.25, -0.2) is 34.4 Å². The van der Waals surface area contributed by atoms with E-state index in [0.717, 1.165) is 31.8 Å². The Kier molecular flexibility index (Phi) is 44.2. The SMILES string of the molecule is CC[C@H](C)[C@@H]([C@@H](CC(N)=O)OC)N(C)C(=O)[C@@H](NC(=O)[C@H](C(C)C)N(C)N1C(=O)CC(SCC(NC(=O)OCc2ccc(NC(=O)[C@H](C)NC(=O)[C@@H](N)C(C)C)cc2)C(=O)NC(CSC2CC(=O)N(N(C)[C@H](C(=O)N[C@H](C(=O)N(C)[C@@H]([C@@H](C)CC)[C@@H](CC(=O)N3CCC[C@H]3[C@H](OC)[C@@H](C)C(=O)N[C@@H](Cc3ccccc3)C(=O)O)OC)C(C)C)C(C)C)C2=O)C(=O)O)C1=O)C(C)C. The van der Waals surface area contributed by atoms with Crippen molar-refractivity contribution < 1.29 is 111 Å². The quantitative estimate of drug-likeness (QED) is 0.0422. The lowest BCUT2D eigenvalue weighted by molar-refractivity contribution is -0.165. The van der Waals surface area contributed by atoms with Crippen molar-refractivity contribution in [3.05, 3.63) is 65.7 Å². The lowest BCUT2D eigenvalue weighted by Crippen LogP contribution is -2.62. The number of carbonyl (C=O) groups excluding carboxylic acids is 15. The van der Waals surface area contributed by atoms with E-state index in [9.17, 15) is 86.9 Å². The molecule has 2 aromatic rings. The molecule has 3 fully saturated rings.